The molecule has 0 fully saturated rings. The summed E-state index contributed by atoms with van der Waals surface area (Å²) in [6.45, 7) is -1.80. The Kier molecular flexibility index (Phi) is 6.94. The monoisotopic (exact) mass is 273 g/mol. The van der Waals surface area contributed by atoms with Gasteiger partial charge in [0.05, 0.1) is 14.4 Å². The van der Waals surface area contributed by atoms with Crippen LogP contribution in [0.15, 0.2) is 0 Å². The maximum absolute atomic E-state index is 10.9. The van der Waals surface area contributed by atoms with E-state index in [0.717, 1.165) is 0 Å². The molecular weight excluding hydrogens is 261 g/mol. The molecule has 0 unspecified atom stereocenters. The van der Waals surface area contributed by atoms with Gasteiger partial charge in [0.15, 0.2) is 5.78 Å². The second-order valence-electron chi connectivity index (χ2n) is 3.02. The second-order valence-corrected chi connectivity index (χ2v) is 4.18. The van der Waals surface area contributed by atoms with Crippen LogP contribution >= 0.6 is 7.82 Å². The van der Waals surface area contributed by atoms with Gasteiger partial charge >= 0.3 is 0 Å². The number of hydrogen-bond donors (Lipinski definition) is 4. The lowest BCUT2D eigenvalue weighted by Crippen LogP contribution is -2.45. The molecule has 0 aliphatic rings. The molecule has 0 aromatic heterocycles. The molecule has 0 bridgehead atoms. The number of ketones is 1. The summed E-state index contributed by atoms with van der Waals surface area (Å²) in [6, 6.07) is 0. The van der Waals surface area contributed by atoms with Crippen molar-refractivity contribution in [3.05, 3.63) is 0 Å². The Morgan fingerprint density at radius 2 is 1.88 bits per heavy atom. The minimum Gasteiger partial charge on any atom is -0.790 e. The third-order valence-corrected chi connectivity index (χ3v) is 2.14. The zero-order chi connectivity index (χ0) is 13.6. The van der Waals surface area contributed by atoms with Crippen molar-refractivity contribution in [3.8, 4) is 0 Å². The Morgan fingerprint density at radius 3 is 2.29 bits per heavy atom. The van der Waals surface area contributed by atoms with Crippen molar-refractivity contribution >= 4 is 13.6 Å². The maximum atomic E-state index is 10.9. The lowest BCUT2D eigenvalue weighted by molar-refractivity contribution is -0.343. The van der Waals surface area contributed by atoms with Gasteiger partial charge in [-0.05, 0) is 0 Å². The predicted molar refractivity (Wildman–Crippen MR) is 46.7 cm³/mol. The number of nitrogens with two attached hydrogens (primary N) is 1. The zero-order valence-corrected chi connectivity index (χ0v) is 9.36. The smallest absolute Gasteiger partial charge is 0.191 e. The lowest BCUT2D eigenvalue weighted by Gasteiger charge is -2.31. The van der Waals surface area contributed by atoms with Gasteiger partial charge in [-0.15, -0.1) is 0 Å². The third kappa shape index (κ3) is 6.78. The van der Waals surface area contributed by atoms with Crippen molar-refractivity contribution in [1.82, 2.24) is 0 Å². The fourth-order valence-electron chi connectivity index (χ4n) is 0.835. The Bertz CT molecular complexity index is 291. The van der Waals surface area contributed by atoms with Gasteiger partial charge in [0.25, 0.3) is 0 Å². The minimum absolute atomic E-state index is 0.715. The first-order valence-corrected chi connectivity index (χ1v) is 5.70. The van der Waals surface area contributed by atoms with Gasteiger partial charge in [0.2, 0.25) is 0 Å². The number of phosphoric acid groups is 1. The van der Waals surface area contributed by atoms with Gasteiger partial charge in [0.1, 0.15) is 24.9 Å². The van der Waals surface area contributed by atoms with E-state index >= 15 is 0 Å². The number of phosphoric ester groups is 1. The fourth-order valence-corrected chi connectivity index (χ4v) is 1.17. The molecule has 0 radical (unpaired) electrons. The highest BCUT2D eigenvalue weighted by Crippen LogP contribution is 2.24. The average molecular weight is 273 g/mol. The molecule has 0 rings (SSSR count). The number of carbonyl (C=O) groups excluding carboxylic acids is 1. The van der Waals surface area contributed by atoms with E-state index in [4.69, 9.17) is 10.2 Å². The molecule has 0 aromatic carbocycles. The number of carbonyl (C=O) groups is 1. The Hall–Kier alpha value is -0.420. The van der Waals surface area contributed by atoms with Crippen molar-refractivity contribution in [2.75, 3.05) is 13.2 Å². The molecule has 0 aliphatic carbocycles. The van der Waals surface area contributed by atoms with Gasteiger partial charge in [-0.25, -0.2) is 5.90 Å². The molecule has 0 aromatic rings. The number of rotatable bonds is 8. The van der Waals surface area contributed by atoms with E-state index in [1.807, 2.05) is 0 Å². The topological polar surface area (TPSA) is 185 Å². The first-order valence-electron chi connectivity index (χ1n) is 4.24. The van der Waals surface area contributed by atoms with E-state index in [9.17, 15) is 24.3 Å². The van der Waals surface area contributed by atoms with E-state index in [1.165, 1.54) is 0 Å². The molecule has 0 saturated heterocycles. The van der Waals surface area contributed by atoms with Crippen LogP contribution < -0.4 is 15.7 Å². The number of Topliss-reactive ketones (excluding diaryl/α,β-unsaturated/α-hetero) is 1. The van der Waals surface area contributed by atoms with Crippen molar-refractivity contribution in [1.29, 1.82) is 0 Å². The summed E-state index contributed by atoms with van der Waals surface area (Å²) >= 11 is 0. The Balaban J connectivity index is 4.24. The Labute approximate surface area is 95.8 Å². The first-order chi connectivity index (χ1) is 7.69. The summed E-state index contributed by atoms with van der Waals surface area (Å²) in [5.74, 6) is 3.50. The highest BCUT2D eigenvalue weighted by atomic mass is 31.2. The molecule has 0 spiro atoms. The van der Waals surface area contributed by atoms with Crippen LogP contribution in [-0.2, 0) is 18.7 Å². The predicted octanol–water partition coefficient (Wildman–Crippen LogP) is -4.63. The van der Waals surface area contributed by atoms with Crippen molar-refractivity contribution in [2.24, 2.45) is 5.90 Å². The van der Waals surface area contributed by atoms with Crippen LogP contribution in [0.25, 0.3) is 0 Å². The minimum atomic E-state index is -5.31. The van der Waals surface area contributed by atoms with E-state index < -0.39 is 45.1 Å². The van der Waals surface area contributed by atoms with Crippen LogP contribution in [0.1, 0.15) is 0 Å². The zero-order valence-electron chi connectivity index (χ0n) is 8.46. The van der Waals surface area contributed by atoms with Gasteiger partial charge in [-0.3, -0.25) is 9.63 Å². The average Bonchev–Trinajstić information content (AvgIpc) is 2.23. The van der Waals surface area contributed by atoms with E-state index in [2.05, 4.69) is 15.3 Å². The molecule has 0 saturated carbocycles. The summed E-state index contributed by atoms with van der Waals surface area (Å²) in [5.41, 5.74) is 0. The Morgan fingerprint density at radius 1 is 1.35 bits per heavy atom. The molecule has 11 heteroatoms. The van der Waals surface area contributed by atoms with E-state index in [0.29, 0.717) is 0 Å². The summed E-state index contributed by atoms with van der Waals surface area (Å²) in [6.07, 6.45) is -6.03. The van der Waals surface area contributed by atoms with Crippen molar-refractivity contribution in [3.63, 3.8) is 0 Å². The summed E-state index contributed by atoms with van der Waals surface area (Å²) in [5, 5.41) is 27.4. The number of aliphatic hydroxyl groups excluding tert-OH is 3. The SMILES string of the molecule is NOCC(=O)[C@@H](O)[C@H](O)[C@H](O)COP(=O)([O-])[O-]. The van der Waals surface area contributed by atoms with Crippen molar-refractivity contribution in [2.45, 2.75) is 18.3 Å². The lowest BCUT2D eigenvalue weighted by atomic mass is 10.1. The van der Waals surface area contributed by atoms with E-state index in [-0.39, 0.29) is 0 Å². The maximum Gasteiger partial charge on any atom is 0.191 e. The van der Waals surface area contributed by atoms with Crippen LogP contribution in [0.5, 0.6) is 0 Å². The van der Waals surface area contributed by atoms with Crippen LogP contribution in [0.4, 0.5) is 0 Å². The van der Waals surface area contributed by atoms with Gasteiger partial charge in [-0.2, -0.15) is 0 Å². The normalized spacial score (nSPS) is 17.5. The third-order valence-electron chi connectivity index (χ3n) is 1.68. The van der Waals surface area contributed by atoms with Crippen molar-refractivity contribution < 1.29 is 43.8 Å². The van der Waals surface area contributed by atoms with Gasteiger partial charge in [0, 0.05) is 0 Å². The highest BCUT2D eigenvalue weighted by Gasteiger charge is 2.30. The summed E-state index contributed by atoms with van der Waals surface area (Å²) in [4.78, 5) is 34.9. The molecule has 3 atom stereocenters. The molecular formula is C6H12NO9P-2. The second kappa shape index (κ2) is 7.11. The van der Waals surface area contributed by atoms with Crippen LogP contribution in [0, 0.1) is 0 Å². The fraction of sp³-hybridized carbons (Fsp3) is 0.833. The quantitative estimate of drug-likeness (QED) is 0.247. The molecule has 0 heterocycles. The first kappa shape index (κ1) is 16.6. The highest BCUT2D eigenvalue weighted by molar-refractivity contribution is 7.43. The molecule has 0 aliphatic heterocycles. The largest absolute Gasteiger partial charge is 0.790 e. The molecule has 0 amide bonds. The standard InChI is InChI=1S/C6H14NO9P/c7-15-1-3(8)5(10)6(11)4(9)2-16-17(12,13)14/h4-6,9-11H,1-2,7H2,(H2,12,13,14)/p-2/t4-,5-,6-/m1/s1. The van der Waals surface area contributed by atoms with Crippen LogP contribution in [-0.4, -0.2) is 52.6 Å². The molecule has 17 heavy (non-hydrogen) atoms. The molecule has 5 N–H and O–H groups in total. The molecule has 102 valence electrons. The molecule has 10 nitrogen and oxygen atoms in total. The summed E-state index contributed by atoms with van der Waals surface area (Å²) < 4.78 is 13.7. The van der Waals surface area contributed by atoms with Crippen LogP contribution in [0.3, 0.4) is 0 Å². The van der Waals surface area contributed by atoms with Gasteiger partial charge < -0.3 is 34.2 Å². The van der Waals surface area contributed by atoms with Gasteiger partial charge in [-0.1, -0.05) is 0 Å². The number of hydrogen-bond acceptors (Lipinski definition) is 10. The number of aliphatic hydroxyl groups is 3. The van der Waals surface area contributed by atoms with Crippen LogP contribution in [0.2, 0.25) is 0 Å². The van der Waals surface area contributed by atoms with E-state index in [1.54, 1.807) is 0 Å². The summed E-state index contributed by atoms with van der Waals surface area (Å²) in [7, 11) is -5.31.